The van der Waals surface area contributed by atoms with Gasteiger partial charge in [-0.3, -0.25) is 4.79 Å². The number of aliphatic imine (C=N–C) groups is 1. The largest absolute Gasteiger partial charge is 0.497 e. The van der Waals surface area contributed by atoms with Crippen LogP contribution in [0.15, 0.2) is 59.6 Å². The molecule has 126 valence electrons. The van der Waals surface area contributed by atoms with Crippen LogP contribution in [0.4, 0.5) is 5.69 Å². The Labute approximate surface area is 141 Å². The van der Waals surface area contributed by atoms with Crippen LogP contribution in [-0.4, -0.2) is 32.1 Å². The minimum Gasteiger partial charge on any atom is -0.497 e. The van der Waals surface area contributed by atoms with E-state index >= 15 is 0 Å². The van der Waals surface area contributed by atoms with Crippen molar-refractivity contribution in [3.63, 3.8) is 0 Å². The Morgan fingerprint density at radius 2 is 1.96 bits per heavy atom. The summed E-state index contributed by atoms with van der Waals surface area (Å²) in [5.74, 6) is 0.731. The zero-order valence-electron chi connectivity index (χ0n) is 13.7. The van der Waals surface area contributed by atoms with Crippen molar-refractivity contribution in [1.82, 2.24) is 5.32 Å². The Bertz CT molecular complexity index is 686. The maximum absolute atomic E-state index is 11.8. The van der Waals surface area contributed by atoms with E-state index in [2.05, 4.69) is 15.6 Å². The Kier molecular flexibility index (Phi) is 6.64. The highest BCUT2D eigenvalue weighted by Gasteiger charge is 2.01. The number of rotatable bonds is 7. The molecule has 0 aliphatic carbocycles. The standard InChI is InChI=1S/C18H22N4O2/c1-24-16-9-5-8-15(12-16)22-18(19)21-13-17(23)20-11-10-14-6-3-2-4-7-14/h2-9,12H,10-11,13H2,1H3,(H,20,23)(H3,19,21,22). The first kappa shape index (κ1) is 17.3. The minimum atomic E-state index is -0.165. The van der Waals surface area contributed by atoms with Gasteiger partial charge < -0.3 is 21.1 Å². The molecule has 0 atom stereocenters. The fraction of sp³-hybridized carbons (Fsp3) is 0.222. The van der Waals surface area contributed by atoms with Crippen LogP contribution >= 0.6 is 0 Å². The van der Waals surface area contributed by atoms with Gasteiger partial charge in [-0.15, -0.1) is 0 Å². The number of anilines is 1. The summed E-state index contributed by atoms with van der Waals surface area (Å²) in [7, 11) is 1.59. The van der Waals surface area contributed by atoms with E-state index in [1.54, 1.807) is 13.2 Å². The second-order valence-electron chi connectivity index (χ2n) is 5.14. The first-order valence-electron chi connectivity index (χ1n) is 7.69. The van der Waals surface area contributed by atoms with Crippen LogP contribution < -0.4 is 21.1 Å². The lowest BCUT2D eigenvalue weighted by atomic mass is 10.1. The molecule has 1 amide bonds. The number of ether oxygens (including phenoxy) is 1. The highest BCUT2D eigenvalue weighted by atomic mass is 16.5. The number of methoxy groups -OCH3 is 1. The summed E-state index contributed by atoms with van der Waals surface area (Å²) in [6.07, 6.45) is 0.786. The van der Waals surface area contributed by atoms with Crippen molar-refractivity contribution in [3.8, 4) is 5.75 Å². The average molecular weight is 326 g/mol. The monoisotopic (exact) mass is 326 g/mol. The molecule has 0 aromatic heterocycles. The molecule has 0 heterocycles. The Balaban J connectivity index is 1.73. The van der Waals surface area contributed by atoms with Crippen LogP contribution in [0.1, 0.15) is 5.56 Å². The van der Waals surface area contributed by atoms with Crippen molar-refractivity contribution in [2.75, 3.05) is 25.5 Å². The van der Waals surface area contributed by atoms with Gasteiger partial charge in [-0.2, -0.15) is 0 Å². The van der Waals surface area contributed by atoms with Crippen LogP contribution in [0.25, 0.3) is 0 Å². The van der Waals surface area contributed by atoms with E-state index in [4.69, 9.17) is 10.5 Å². The highest BCUT2D eigenvalue weighted by Crippen LogP contribution is 2.16. The predicted molar refractivity (Wildman–Crippen MR) is 96.3 cm³/mol. The first-order valence-corrected chi connectivity index (χ1v) is 7.69. The van der Waals surface area contributed by atoms with Crippen LogP contribution in [0.2, 0.25) is 0 Å². The van der Waals surface area contributed by atoms with Crippen LogP contribution in [-0.2, 0) is 11.2 Å². The molecule has 0 radical (unpaired) electrons. The molecule has 0 aliphatic rings. The lowest BCUT2D eigenvalue weighted by Crippen LogP contribution is -2.30. The van der Waals surface area contributed by atoms with Gasteiger partial charge >= 0.3 is 0 Å². The molecule has 0 aliphatic heterocycles. The molecule has 2 rings (SSSR count). The number of guanidine groups is 1. The second kappa shape index (κ2) is 9.19. The molecule has 6 nitrogen and oxygen atoms in total. The van der Waals surface area contributed by atoms with Crippen molar-refractivity contribution >= 4 is 17.6 Å². The van der Waals surface area contributed by atoms with Crippen molar-refractivity contribution in [2.45, 2.75) is 6.42 Å². The quantitative estimate of drug-likeness (QED) is 0.534. The Morgan fingerprint density at radius 1 is 1.17 bits per heavy atom. The SMILES string of the molecule is COc1cccc(NC(N)=NCC(=O)NCCc2ccccc2)c1. The van der Waals surface area contributed by atoms with E-state index < -0.39 is 0 Å². The molecule has 24 heavy (non-hydrogen) atoms. The molecule has 0 bridgehead atoms. The predicted octanol–water partition coefficient (Wildman–Crippen LogP) is 1.78. The zero-order chi connectivity index (χ0) is 17.2. The van der Waals surface area contributed by atoms with Crippen LogP contribution in [0, 0.1) is 0 Å². The zero-order valence-corrected chi connectivity index (χ0v) is 13.7. The maximum atomic E-state index is 11.8. The minimum absolute atomic E-state index is 0.0163. The lowest BCUT2D eigenvalue weighted by molar-refractivity contribution is -0.119. The van der Waals surface area contributed by atoms with Gasteiger partial charge in [-0.05, 0) is 24.1 Å². The van der Waals surface area contributed by atoms with Gasteiger partial charge in [0.1, 0.15) is 12.3 Å². The summed E-state index contributed by atoms with van der Waals surface area (Å²) in [5, 5.41) is 5.74. The Hall–Kier alpha value is -3.02. The van der Waals surface area contributed by atoms with Crippen LogP contribution in [0.5, 0.6) is 5.75 Å². The first-order chi connectivity index (χ1) is 11.7. The third kappa shape index (κ3) is 6.00. The average Bonchev–Trinajstić information content (AvgIpc) is 2.61. The molecule has 2 aromatic rings. The number of benzene rings is 2. The van der Waals surface area contributed by atoms with Gasteiger partial charge in [0.05, 0.1) is 7.11 Å². The molecular weight excluding hydrogens is 304 g/mol. The number of nitrogens with one attached hydrogen (secondary N) is 2. The van der Waals surface area contributed by atoms with E-state index in [1.165, 1.54) is 5.56 Å². The molecule has 4 N–H and O–H groups in total. The molecule has 0 unspecified atom stereocenters. The molecular formula is C18H22N4O2. The fourth-order valence-electron chi connectivity index (χ4n) is 2.09. The van der Waals surface area contributed by atoms with Crippen molar-refractivity contribution in [2.24, 2.45) is 10.7 Å². The fourth-order valence-corrected chi connectivity index (χ4v) is 2.09. The van der Waals surface area contributed by atoms with Gasteiger partial charge in [0.15, 0.2) is 5.96 Å². The van der Waals surface area contributed by atoms with Gasteiger partial charge in [-0.25, -0.2) is 4.99 Å². The smallest absolute Gasteiger partial charge is 0.241 e. The summed E-state index contributed by atoms with van der Waals surface area (Å²) >= 11 is 0. The second-order valence-corrected chi connectivity index (χ2v) is 5.14. The third-order valence-corrected chi connectivity index (χ3v) is 3.31. The van der Waals surface area contributed by atoms with E-state index in [-0.39, 0.29) is 18.4 Å². The molecule has 2 aromatic carbocycles. The number of carbonyl (C=O) groups excluding carboxylic acids is 1. The van der Waals surface area contributed by atoms with Gasteiger partial charge in [-0.1, -0.05) is 36.4 Å². The number of nitrogens with zero attached hydrogens (tertiary/aromatic N) is 1. The molecule has 6 heteroatoms. The van der Waals surface area contributed by atoms with Crippen LogP contribution in [0.3, 0.4) is 0 Å². The number of amides is 1. The van der Waals surface area contributed by atoms with Crippen molar-refractivity contribution < 1.29 is 9.53 Å². The topological polar surface area (TPSA) is 88.7 Å². The number of carbonyl (C=O) groups is 1. The normalized spacial score (nSPS) is 11.0. The maximum Gasteiger partial charge on any atom is 0.241 e. The summed E-state index contributed by atoms with van der Waals surface area (Å²) < 4.78 is 5.13. The van der Waals surface area contributed by atoms with E-state index in [1.807, 2.05) is 48.5 Å². The van der Waals surface area contributed by atoms with Gasteiger partial charge in [0, 0.05) is 18.3 Å². The number of nitrogens with two attached hydrogens (primary N) is 1. The van der Waals surface area contributed by atoms with E-state index in [0.29, 0.717) is 12.3 Å². The summed E-state index contributed by atoms with van der Waals surface area (Å²) in [6, 6.07) is 17.3. The molecule has 0 fully saturated rings. The van der Waals surface area contributed by atoms with E-state index in [0.717, 1.165) is 12.1 Å². The number of hydrogen-bond donors (Lipinski definition) is 3. The lowest BCUT2D eigenvalue weighted by Gasteiger charge is -2.07. The summed E-state index contributed by atoms with van der Waals surface area (Å²) in [6.45, 7) is 0.555. The van der Waals surface area contributed by atoms with E-state index in [9.17, 15) is 4.79 Å². The highest BCUT2D eigenvalue weighted by molar-refractivity contribution is 5.94. The van der Waals surface area contributed by atoms with Crippen molar-refractivity contribution in [1.29, 1.82) is 0 Å². The van der Waals surface area contributed by atoms with Crippen molar-refractivity contribution in [3.05, 3.63) is 60.2 Å². The summed E-state index contributed by atoms with van der Waals surface area (Å²) in [5.41, 5.74) is 7.71. The number of hydrogen-bond acceptors (Lipinski definition) is 3. The third-order valence-electron chi connectivity index (χ3n) is 3.31. The molecule has 0 saturated heterocycles. The molecule has 0 saturated carbocycles. The van der Waals surface area contributed by atoms with Gasteiger partial charge in [0.25, 0.3) is 0 Å². The Morgan fingerprint density at radius 3 is 2.71 bits per heavy atom. The molecule has 0 spiro atoms. The summed E-state index contributed by atoms with van der Waals surface area (Å²) in [4.78, 5) is 15.8. The van der Waals surface area contributed by atoms with Gasteiger partial charge in [0.2, 0.25) is 5.91 Å².